The molecule has 0 fully saturated rings. The van der Waals surface area contributed by atoms with Gasteiger partial charge in [0.15, 0.2) is 0 Å². The summed E-state index contributed by atoms with van der Waals surface area (Å²) in [5, 5.41) is 28.7. The summed E-state index contributed by atoms with van der Waals surface area (Å²) in [5.74, 6) is -3.92. The Morgan fingerprint density at radius 2 is 1.81 bits per heavy atom. The van der Waals surface area contributed by atoms with Gasteiger partial charge in [0.2, 0.25) is 11.6 Å². The van der Waals surface area contributed by atoms with Gasteiger partial charge in [-0.15, -0.1) is 0 Å². The van der Waals surface area contributed by atoms with E-state index in [1.165, 1.54) is 12.1 Å². The molecule has 2 rings (SSSR count). The zero-order valence-electron chi connectivity index (χ0n) is 18.1. The van der Waals surface area contributed by atoms with Crippen LogP contribution in [0.4, 0.5) is 5.69 Å². The number of benzene rings is 1. The number of hydrogen-bond donors (Lipinski definition) is 4. The second-order valence-electron chi connectivity index (χ2n) is 7.93. The summed E-state index contributed by atoms with van der Waals surface area (Å²) in [6, 6.07) is 2.76. The van der Waals surface area contributed by atoms with Crippen LogP contribution in [-0.4, -0.2) is 64.1 Å². The van der Waals surface area contributed by atoms with E-state index >= 15 is 0 Å². The highest BCUT2D eigenvalue weighted by molar-refractivity contribution is 6.63. The van der Waals surface area contributed by atoms with Gasteiger partial charge in [-0.1, -0.05) is 6.92 Å². The number of phenolic OH excluding ortho intramolecular Hbond substituents is 1. The minimum Gasteiger partial charge on any atom is -0.507 e. The molecule has 10 heteroatoms. The lowest BCUT2D eigenvalue weighted by Gasteiger charge is -2.22. The van der Waals surface area contributed by atoms with E-state index in [2.05, 4.69) is 5.48 Å². The molecule has 0 aliphatic carbocycles. The van der Waals surface area contributed by atoms with E-state index < -0.39 is 42.1 Å². The third-order valence-corrected chi connectivity index (χ3v) is 5.36. The van der Waals surface area contributed by atoms with Gasteiger partial charge in [0.25, 0.3) is 5.78 Å². The van der Waals surface area contributed by atoms with Crippen molar-refractivity contribution >= 4 is 29.0 Å². The van der Waals surface area contributed by atoms with E-state index in [9.17, 15) is 29.4 Å². The lowest BCUT2D eigenvalue weighted by Crippen LogP contribution is -2.27. The van der Waals surface area contributed by atoms with Crippen molar-refractivity contribution in [3.63, 3.8) is 0 Å². The van der Waals surface area contributed by atoms with E-state index in [0.717, 1.165) is 0 Å². The first-order valence-corrected chi connectivity index (χ1v) is 10.5. The number of fused-ring (bicyclic) bond motifs is 1. The SMILES string of the molecule is C[C@@H]1CCC(=O)C(=O)C(=O)CCCc2cc(NOC[C@H](O)CO)cc(O)c2C(=O)O[C@H]1C. The van der Waals surface area contributed by atoms with Crippen molar-refractivity contribution in [3.8, 4) is 5.75 Å². The average molecular weight is 451 g/mol. The van der Waals surface area contributed by atoms with E-state index in [1.807, 2.05) is 0 Å². The van der Waals surface area contributed by atoms with Gasteiger partial charge >= 0.3 is 5.97 Å². The molecule has 1 aromatic carbocycles. The fourth-order valence-electron chi connectivity index (χ4n) is 3.21. The van der Waals surface area contributed by atoms with Crippen LogP contribution in [0, 0.1) is 5.92 Å². The van der Waals surface area contributed by atoms with Gasteiger partial charge in [-0.25, -0.2) is 4.79 Å². The second kappa shape index (κ2) is 11.7. The molecule has 0 amide bonds. The maximum Gasteiger partial charge on any atom is 0.342 e. The number of cyclic esters (lactones) is 1. The smallest absolute Gasteiger partial charge is 0.342 e. The molecule has 10 nitrogen and oxygen atoms in total. The molecule has 0 unspecified atom stereocenters. The lowest BCUT2D eigenvalue weighted by molar-refractivity contribution is -0.144. The molecule has 1 aliphatic heterocycles. The standard InChI is InChI=1S/C22H29NO9/c1-12-6-7-18(27)21(29)17(26)5-3-4-14-8-15(23-31-11-16(25)10-24)9-19(28)20(14)22(30)32-13(12)2/h8-9,12-13,16,23-25,28H,3-7,10-11H2,1-2H3/t12-,13+,16-/m1/s1. The number of carbonyl (C=O) groups excluding carboxylic acids is 4. The van der Waals surface area contributed by atoms with Crippen molar-refractivity contribution in [1.29, 1.82) is 0 Å². The zero-order valence-corrected chi connectivity index (χ0v) is 18.1. The van der Waals surface area contributed by atoms with Gasteiger partial charge in [0.05, 0.1) is 12.3 Å². The number of anilines is 1. The average Bonchev–Trinajstić information content (AvgIpc) is 2.75. The number of aromatic hydroxyl groups is 1. The van der Waals surface area contributed by atoms with Gasteiger partial charge in [-0.3, -0.25) is 24.7 Å². The maximum absolute atomic E-state index is 12.8. The first kappa shape index (κ1) is 25.4. The topological polar surface area (TPSA) is 159 Å². The number of hydrogen-bond acceptors (Lipinski definition) is 10. The molecule has 0 aromatic heterocycles. The quantitative estimate of drug-likeness (QED) is 0.290. The van der Waals surface area contributed by atoms with Crippen molar-refractivity contribution in [2.75, 3.05) is 18.7 Å². The predicted molar refractivity (Wildman–Crippen MR) is 112 cm³/mol. The Bertz CT molecular complexity index is 867. The maximum atomic E-state index is 12.8. The fraction of sp³-hybridized carbons (Fsp3) is 0.545. The van der Waals surface area contributed by atoms with E-state index in [4.69, 9.17) is 14.7 Å². The van der Waals surface area contributed by atoms with Gasteiger partial charge in [0.1, 0.15) is 30.1 Å². The number of phenols is 1. The van der Waals surface area contributed by atoms with Crippen molar-refractivity contribution in [3.05, 3.63) is 23.3 Å². The molecule has 3 atom stereocenters. The number of esters is 1. The van der Waals surface area contributed by atoms with Crippen molar-refractivity contribution in [2.24, 2.45) is 5.92 Å². The third kappa shape index (κ3) is 6.84. The number of rotatable bonds is 5. The summed E-state index contributed by atoms with van der Waals surface area (Å²) >= 11 is 0. The Balaban J connectivity index is 2.31. The van der Waals surface area contributed by atoms with Gasteiger partial charge < -0.3 is 20.1 Å². The molecule has 1 aliphatic rings. The molecule has 4 N–H and O–H groups in total. The first-order valence-electron chi connectivity index (χ1n) is 10.5. The molecule has 0 radical (unpaired) electrons. The molecular formula is C22H29NO9. The van der Waals surface area contributed by atoms with Crippen molar-refractivity contribution < 1.29 is 44.1 Å². The predicted octanol–water partition coefficient (Wildman–Crippen LogP) is 1.09. The number of aliphatic hydroxyl groups excluding tert-OH is 2. The first-order chi connectivity index (χ1) is 15.1. The van der Waals surface area contributed by atoms with Crippen LogP contribution in [0.5, 0.6) is 5.75 Å². The van der Waals surface area contributed by atoms with Crippen LogP contribution in [0.25, 0.3) is 0 Å². The second-order valence-corrected chi connectivity index (χ2v) is 7.93. The normalized spacial score (nSPS) is 22.0. The van der Waals surface area contributed by atoms with Crippen LogP contribution in [-0.2, 0) is 30.4 Å². The molecule has 1 heterocycles. The molecular weight excluding hydrogens is 422 g/mol. The van der Waals surface area contributed by atoms with Gasteiger partial charge in [-0.2, -0.15) is 0 Å². The Morgan fingerprint density at radius 1 is 1.12 bits per heavy atom. The summed E-state index contributed by atoms with van der Waals surface area (Å²) in [6.07, 6.45) is -1.40. The fourth-order valence-corrected chi connectivity index (χ4v) is 3.21. The number of aryl methyl sites for hydroxylation is 1. The molecule has 32 heavy (non-hydrogen) atoms. The Labute approximate surface area is 185 Å². The number of ether oxygens (including phenoxy) is 1. The highest BCUT2D eigenvalue weighted by atomic mass is 16.6. The minimum absolute atomic E-state index is 0.0584. The van der Waals surface area contributed by atoms with Gasteiger partial charge in [-0.05, 0) is 43.7 Å². The van der Waals surface area contributed by atoms with Crippen LogP contribution in [0.2, 0.25) is 0 Å². The van der Waals surface area contributed by atoms with E-state index in [-0.39, 0.29) is 61.6 Å². The highest BCUT2D eigenvalue weighted by Crippen LogP contribution is 2.30. The van der Waals surface area contributed by atoms with Crippen molar-refractivity contribution in [1.82, 2.24) is 0 Å². The molecule has 0 saturated carbocycles. The van der Waals surface area contributed by atoms with Gasteiger partial charge in [0, 0.05) is 18.9 Å². The number of ketones is 3. The van der Waals surface area contributed by atoms with Crippen LogP contribution in [0.1, 0.15) is 55.5 Å². The molecule has 0 spiro atoms. The third-order valence-electron chi connectivity index (χ3n) is 5.36. The Morgan fingerprint density at radius 3 is 2.50 bits per heavy atom. The summed E-state index contributed by atoms with van der Waals surface area (Å²) in [4.78, 5) is 54.0. The molecule has 0 bridgehead atoms. The number of Topliss-reactive ketones (excluding diaryl/α,β-unsaturated/α-hetero) is 3. The van der Waals surface area contributed by atoms with Crippen LogP contribution in [0.3, 0.4) is 0 Å². The van der Waals surface area contributed by atoms with Crippen LogP contribution >= 0.6 is 0 Å². The largest absolute Gasteiger partial charge is 0.507 e. The minimum atomic E-state index is -1.10. The molecule has 176 valence electrons. The number of aliphatic hydroxyl groups is 2. The summed E-state index contributed by atoms with van der Waals surface area (Å²) in [7, 11) is 0. The highest BCUT2D eigenvalue weighted by Gasteiger charge is 2.27. The molecule has 1 aromatic rings. The summed E-state index contributed by atoms with van der Waals surface area (Å²) in [6.45, 7) is 2.69. The monoisotopic (exact) mass is 451 g/mol. The Kier molecular flexibility index (Phi) is 9.30. The Hall–Kier alpha value is -2.82. The van der Waals surface area contributed by atoms with Crippen LogP contribution < -0.4 is 5.48 Å². The lowest BCUT2D eigenvalue weighted by atomic mass is 9.94. The summed E-state index contributed by atoms with van der Waals surface area (Å²) < 4.78 is 5.49. The molecule has 0 saturated heterocycles. The number of nitrogens with one attached hydrogen (secondary N) is 1. The van der Waals surface area contributed by atoms with Crippen molar-refractivity contribution in [2.45, 2.75) is 58.2 Å². The zero-order chi connectivity index (χ0) is 23.8. The van der Waals surface area contributed by atoms with Crippen LogP contribution in [0.15, 0.2) is 12.1 Å². The van der Waals surface area contributed by atoms with E-state index in [0.29, 0.717) is 5.56 Å². The summed E-state index contributed by atoms with van der Waals surface area (Å²) in [5.41, 5.74) is 3.07. The van der Waals surface area contributed by atoms with E-state index in [1.54, 1.807) is 13.8 Å². The number of carbonyl (C=O) groups is 4.